The number of nitrogens with zero attached hydrogens (tertiary/aromatic N) is 2. The van der Waals surface area contributed by atoms with E-state index in [4.69, 9.17) is 24.9 Å². The molecule has 0 amide bonds. The number of rotatable bonds is 14. The number of benzene rings is 1. The predicted molar refractivity (Wildman–Crippen MR) is 124 cm³/mol. The van der Waals surface area contributed by atoms with Crippen LogP contribution in [-0.2, 0) is 0 Å². The van der Waals surface area contributed by atoms with Crippen LogP contribution in [-0.4, -0.2) is 29.0 Å². The normalized spacial score (nSPS) is 11.1. The summed E-state index contributed by atoms with van der Waals surface area (Å²) in [5.74, 6) is 0.979. The number of hydrogen-bond acceptors (Lipinski definition) is 5. The fourth-order valence-electron chi connectivity index (χ4n) is 3.74. The number of ether oxygens (including phenoxy) is 1. The number of carbonyl (C=O) groups excluding carboxylic acids is 1. The molecule has 182 valence electrons. The molecule has 0 aliphatic carbocycles. The third kappa shape index (κ3) is 10.4. The number of aromatic nitrogens is 2. The van der Waals surface area contributed by atoms with Crippen LogP contribution in [0.5, 0.6) is 5.75 Å². The second-order valence-electron chi connectivity index (χ2n) is 8.77. The molecule has 0 aliphatic heterocycles. The molecule has 0 atom stereocenters. The van der Waals surface area contributed by atoms with Gasteiger partial charge in [-0.05, 0) is 58.8 Å². The summed E-state index contributed by atoms with van der Waals surface area (Å²) in [6.45, 7) is 10.0. The lowest BCUT2D eigenvalue weighted by Gasteiger charge is -2.07. The van der Waals surface area contributed by atoms with Crippen LogP contribution >= 0.6 is 0 Å². The summed E-state index contributed by atoms with van der Waals surface area (Å²) in [6.07, 6.45) is 10.9. The summed E-state index contributed by atoms with van der Waals surface area (Å²) in [5, 5.41) is 25.4. The van der Waals surface area contributed by atoms with Crippen molar-refractivity contribution in [3.63, 3.8) is 0 Å². The maximum absolute atomic E-state index is 8.77. The second kappa shape index (κ2) is 15.5. The molecule has 1 heterocycles. The average Bonchev–Trinajstić information content (AvgIpc) is 3.11. The van der Waals surface area contributed by atoms with Gasteiger partial charge in [0.2, 0.25) is 6.33 Å². The van der Waals surface area contributed by atoms with E-state index in [2.05, 4.69) is 61.4 Å². The van der Waals surface area contributed by atoms with Crippen molar-refractivity contribution in [2.24, 2.45) is 0 Å². The predicted octanol–water partition coefficient (Wildman–Crippen LogP) is 3.64. The number of hydrogen-bond donors (Lipinski definition) is 1. The highest BCUT2D eigenvalue weighted by Crippen LogP contribution is 2.23. The zero-order valence-electron chi connectivity index (χ0n) is 21.2. The highest BCUT2D eigenvalue weighted by molar-refractivity contribution is 5.74. The number of fused-ring (bicyclic) bond motifs is 1. The van der Waals surface area contributed by atoms with Crippen molar-refractivity contribution in [3.8, 4) is 5.75 Å². The molecule has 2 aromatic rings. The maximum Gasteiger partial charge on any atom is 1.00 e. The van der Waals surface area contributed by atoms with Crippen LogP contribution in [0.3, 0.4) is 0 Å². The number of carboxylic acid groups (broad SMARTS) is 2. The van der Waals surface area contributed by atoms with Crippen LogP contribution in [0.15, 0.2) is 24.5 Å². The highest BCUT2D eigenvalue weighted by atomic mass is 16.6. The largest absolute Gasteiger partial charge is 1.00 e. The standard InChI is InChI=1S/C24H41N2O2.CH2O3/c1-20(2)25-19-26(21(3)4)24-18-22(14-15-23(24)25)28-17-13-11-9-7-5-6-8-10-12-16-27;2-1(3)4/h14-15,18-21,27H,5-13,16-17H2,1-4H3;(H2,2,3,4)/q+1;/p-1. The van der Waals surface area contributed by atoms with Gasteiger partial charge in [-0.2, -0.15) is 0 Å². The first-order valence-electron chi connectivity index (χ1n) is 11.9. The number of aliphatic hydroxyl groups excluding tert-OH is 1. The van der Waals surface area contributed by atoms with Gasteiger partial charge in [-0.1, -0.05) is 44.9 Å². The monoisotopic (exact) mass is 450 g/mol. The van der Waals surface area contributed by atoms with E-state index in [0.717, 1.165) is 25.2 Å². The first kappa shape index (κ1) is 27.8. The van der Waals surface area contributed by atoms with Crippen molar-refractivity contribution in [1.82, 2.24) is 4.57 Å². The molecule has 1 aromatic carbocycles. The Balaban J connectivity index is 0.00000189. The zero-order chi connectivity index (χ0) is 23.9. The molecule has 0 radical (unpaired) electrons. The Morgan fingerprint density at radius 2 is 1.53 bits per heavy atom. The molecule has 0 saturated carbocycles. The van der Waals surface area contributed by atoms with Gasteiger partial charge in [-0.25, -0.2) is 9.13 Å². The first-order chi connectivity index (χ1) is 15.3. The van der Waals surface area contributed by atoms with Gasteiger partial charge in [0.1, 0.15) is 5.75 Å². The van der Waals surface area contributed by atoms with Crippen LogP contribution in [0.2, 0.25) is 0 Å². The van der Waals surface area contributed by atoms with E-state index >= 15 is 0 Å². The molecule has 1 N–H and O–H groups in total. The third-order valence-corrected chi connectivity index (χ3v) is 5.44. The SMILES string of the molecule is CC(C)n1c[n+](C(C)C)c2cc(OCCCCCCCCCCCO)ccc21.O=C([O-])[O-].[H+]. The lowest BCUT2D eigenvalue weighted by molar-refractivity contribution is -0.692. The summed E-state index contributed by atoms with van der Waals surface area (Å²) in [7, 11) is 0. The number of aliphatic hydroxyl groups is 1. The minimum absolute atomic E-state index is 0. The molecule has 0 bridgehead atoms. The van der Waals surface area contributed by atoms with Gasteiger partial charge in [0.25, 0.3) is 0 Å². The van der Waals surface area contributed by atoms with Crippen molar-refractivity contribution in [2.75, 3.05) is 13.2 Å². The minimum atomic E-state index is -2.33. The summed E-state index contributed by atoms with van der Waals surface area (Å²) < 4.78 is 10.7. The molecule has 0 spiro atoms. The van der Waals surface area contributed by atoms with E-state index in [9.17, 15) is 0 Å². The van der Waals surface area contributed by atoms with Crippen LogP contribution in [0.25, 0.3) is 11.0 Å². The number of carbonyl (C=O) groups is 1. The van der Waals surface area contributed by atoms with Crippen LogP contribution in [0.1, 0.15) is 99.0 Å². The van der Waals surface area contributed by atoms with Crippen LogP contribution < -0.4 is 19.5 Å². The van der Waals surface area contributed by atoms with Crippen LogP contribution in [0.4, 0.5) is 4.79 Å². The molecule has 0 fully saturated rings. The Labute approximate surface area is 194 Å². The molecule has 1 aromatic heterocycles. The van der Waals surface area contributed by atoms with Crippen molar-refractivity contribution >= 4 is 17.2 Å². The zero-order valence-corrected chi connectivity index (χ0v) is 20.2. The van der Waals surface area contributed by atoms with Gasteiger partial charge >= 0.3 is 1.43 Å². The molecule has 0 aliphatic rings. The van der Waals surface area contributed by atoms with Crippen molar-refractivity contribution < 1.29 is 30.8 Å². The van der Waals surface area contributed by atoms with Gasteiger partial charge in [-0.3, -0.25) is 0 Å². The van der Waals surface area contributed by atoms with E-state index in [1.807, 2.05) is 0 Å². The third-order valence-electron chi connectivity index (χ3n) is 5.44. The fourth-order valence-corrected chi connectivity index (χ4v) is 3.74. The molecule has 7 heteroatoms. The van der Waals surface area contributed by atoms with Crippen molar-refractivity contribution in [1.29, 1.82) is 0 Å². The van der Waals surface area contributed by atoms with E-state index in [1.54, 1.807) is 0 Å². The lowest BCUT2D eigenvalue weighted by Crippen LogP contribution is -2.37. The van der Waals surface area contributed by atoms with Crippen molar-refractivity contribution in [3.05, 3.63) is 24.5 Å². The molecule has 2 rings (SSSR count). The Bertz CT molecular complexity index is 788. The summed E-state index contributed by atoms with van der Waals surface area (Å²) >= 11 is 0. The van der Waals surface area contributed by atoms with Gasteiger partial charge in [0, 0.05) is 12.7 Å². The van der Waals surface area contributed by atoms with E-state index in [1.165, 1.54) is 56.0 Å². The lowest BCUT2D eigenvalue weighted by atomic mass is 10.1. The molecule has 7 nitrogen and oxygen atoms in total. The minimum Gasteiger partial charge on any atom is -0.652 e. The smallest absolute Gasteiger partial charge is 0.652 e. The fraction of sp³-hybridized carbons (Fsp3) is 0.680. The number of imidazole rings is 1. The average molecular weight is 451 g/mol. The van der Waals surface area contributed by atoms with E-state index in [0.29, 0.717) is 18.7 Å². The van der Waals surface area contributed by atoms with E-state index in [-0.39, 0.29) is 1.43 Å². The second-order valence-corrected chi connectivity index (χ2v) is 8.77. The van der Waals surface area contributed by atoms with Gasteiger partial charge in [-0.15, -0.1) is 0 Å². The Hall–Kier alpha value is -2.28. The molecule has 0 saturated heterocycles. The quantitative estimate of drug-likeness (QED) is 0.350. The Kier molecular flexibility index (Phi) is 13.5. The maximum atomic E-state index is 8.77. The van der Waals surface area contributed by atoms with Gasteiger partial charge in [0.15, 0.2) is 11.0 Å². The molecule has 0 unspecified atom stereocenters. The summed E-state index contributed by atoms with van der Waals surface area (Å²) in [6, 6.07) is 7.38. The summed E-state index contributed by atoms with van der Waals surface area (Å²) in [4.78, 5) is 8.33. The molecule has 32 heavy (non-hydrogen) atoms. The Morgan fingerprint density at radius 1 is 1.00 bits per heavy atom. The highest BCUT2D eigenvalue weighted by Gasteiger charge is 2.20. The topological polar surface area (TPSA) is 101 Å². The van der Waals surface area contributed by atoms with Crippen LogP contribution in [0, 0.1) is 0 Å². The van der Waals surface area contributed by atoms with Gasteiger partial charge < -0.3 is 24.9 Å². The summed E-state index contributed by atoms with van der Waals surface area (Å²) in [5.41, 5.74) is 2.53. The van der Waals surface area contributed by atoms with Crippen molar-refractivity contribution in [2.45, 2.75) is 97.6 Å². The molecular weight excluding hydrogens is 408 g/mol. The van der Waals surface area contributed by atoms with E-state index < -0.39 is 6.16 Å². The molecular formula is C25H42N2O5. The first-order valence-corrected chi connectivity index (χ1v) is 11.9. The number of unbranched alkanes of at least 4 members (excludes halogenated alkanes) is 8. The Morgan fingerprint density at radius 3 is 2.03 bits per heavy atom. The van der Waals surface area contributed by atoms with Gasteiger partial charge in [0.05, 0.1) is 18.7 Å².